The Labute approximate surface area is 92.7 Å². The zero-order chi connectivity index (χ0) is 10.6. The molecule has 0 atom stereocenters. The van der Waals surface area contributed by atoms with Crippen molar-refractivity contribution in [3.8, 4) is 0 Å². The highest BCUT2D eigenvalue weighted by Gasteiger charge is 2.30. The van der Waals surface area contributed by atoms with Gasteiger partial charge in [-0.2, -0.15) is 0 Å². The molecule has 0 amide bonds. The third-order valence-electron chi connectivity index (χ3n) is 4.00. The van der Waals surface area contributed by atoms with Crippen LogP contribution in [0, 0.1) is 11.3 Å². The summed E-state index contributed by atoms with van der Waals surface area (Å²) in [5.41, 5.74) is 7.04. The molecule has 0 fully saturated rings. The highest BCUT2D eigenvalue weighted by atomic mass is 14.3. The second-order valence-electron chi connectivity index (χ2n) is 6.42. The van der Waals surface area contributed by atoms with E-state index in [-0.39, 0.29) is 0 Å². The Bertz CT molecular complexity index is 375. The molecule has 0 unspecified atom stereocenters. The van der Waals surface area contributed by atoms with Crippen molar-refractivity contribution in [2.45, 2.75) is 46.5 Å². The van der Waals surface area contributed by atoms with Gasteiger partial charge in [0.1, 0.15) is 0 Å². The molecule has 0 heterocycles. The summed E-state index contributed by atoms with van der Waals surface area (Å²) in [4.78, 5) is 0. The second-order valence-corrected chi connectivity index (χ2v) is 6.42. The molecule has 0 N–H and O–H groups in total. The van der Waals surface area contributed by atoms with Crippen molar-refractivity contribution in [3.63, 3.8) is 0 Å². The lowest BCUT2D eigenvalue weighted by molar-refractivity contribution is 0.392. The molecule has 0 aromatic heterocycles. The van der Waals surface area contributed by atoms with Crippen LogP contribution in [-0.2, 0) is 25.7 Å². The predicted octanol–water partition coefficient (Wildman–Crippen LogP) is 3.55. The third kappa shape index (κ3) is 1.51. The monoisotopic (exact) mass is 200 g/mol. The Morgan fingerprint density at radius 1 is 0.933 bits per heavy atom. The van der Waals surface area contributed by atoms with Gasteiger partial charge < -0.3 is 0 Å². The Morgan fingerprint density at radius 2 is 1.40 bits per heavy atom. The minimum Gasteiger partial charge on any atom is -0.0619 e. The summed E-state index contributed by atoms with van der Waals surface area (Å²) in [6.45, 7) is 7.15. The van der Waals surface area contributed by atoms with E-state index in [0.717, 1.165) is 5.92 Å². The number of hydrogen-bond donors (Lipinski definition) is 0. The maximum Gasteiger partial charge on any atom is -0.0221 e. The van der Waals surface area contributed by atoms with Crippen LogP contribution in [0.5, 0.6) is 0 Å². The molecular formula is C15H20. The van der Waals surface area contributed by atoms with Gasteiger partial charge in [-0.25, -0.2) is 0 Å². The standard InChI is InChI=1S/C15H20/c1-10-4-11-6-13-8-15(2,3)9-14(13)7-12(11)5-10/h6-7,10H,4-5,8-9H2,1-3H3. The fourth-order valence-electron chi connectivity index (χ4n) is 3.42. The van der Waals surface area contributed by atoms with Gasteiger partial charge in [0.2, 0.25) is 0 Å². The van der Waals surface area contributed by atoms with Crippen molar-refractivity contribution in [2.24, 2.45) is 11.3 Å². The molecule has 2 aliphatic carbocycles. The van der Waals surface area contributed by atoms with Crippen LogP contribution in [0.3, 0.4) is 0 Å². The molecule has 0 saturated carbocycles. The van der Waals surface area contributed by atoms with E-state index >= 15 is 0 Å². The van der Waals surface area contributed by atoms with E-state index in [1.807, 2.05) is 0 Å². The number of rotatable bonds is 0. The van der Waals surface area contributed by atoms with Crippen LogP contribution in [0.15, 0.2) is 12.1 Å². The first kappa shape index (κ1) is 9.45. The SMILES string of the molecule is CC1Cc2cc3c(cc2C1)CC(C)(C)C3. The highest BCUT2D eigenvalue weighted by Crippen LogP contribution is 2.39. The molecule has 15 heavy (non-hydrogen) atoms. The molecule has 80 valence electrons. The smallest absolute Gasteiger partial charge is 0.0221 e. The van der Waals surface area contributed by atoms with Crippen molar-refractivity contribution in [1.82, 2.24) is 0 Å². The van der Waals surface area contributed by atoms with Crippen molar-refractivity contribution >= 4 is 0 Å². The summed E-state index contributed by atoms with van der Waals surface area (Å²) in [5, 5.41) is 0. The molecule has 0 aliphatic heterocycles. The van der Waals surface area contributed by atoms with E-state index in [1.165, 1.54) is 25.7 Å². The number of hydrogen-bond acceptors (Lipinski definition) is 0. The molecule has 0 saturated heterocycles. The van der Waals surface area contributed by atoms with E-state index in [1.54, 1.807) is 22.3 Å². The quantitative estimate of drug-likeness (QED) is 0.601. The van der Waals surface area contributed by atoms with Crippen LogP contribution in [0.2, 0.25) is 0 Å². The maximum atomic E-state index is 2.50. The predicted molar refractivity (Wildman–Crippen MR) is 64.2 cm³/mol. The van der Waals surface area contributed by atoms with Gasteiger partial charge in [-0.05, 0) is 59.3 Å². The van der Waals surface area contributed by atoms with Crippen molar-refractivity contribution in [2.75, 3.05) is 0 Å². The molecule has 0 spiro atoms. The Kier molecular flexibility index (Phi) is 1.81. The molecule has 2 aliphatic rings. The van der Waals surface area contributed by atoms with Crippen LogP contribution < -0.4 is 0 Å². The molecule has 0 heteroatoms. The van der Waals surface area contributed by atoms with Crippen molar-refractivity contribution in [3.05, 3.63) is 34.4 Å². The number of fused-ring (bicyclic) bond motifs is 2. The Hall–Kier alpha value is -0.780. The largest absolute Gasteiger partial charge is 0.0619 e. The average Bonchev–Trinajstić information content (AvgIpc) is 2.55. The van der Waals surface area contributed by atoms with E-state index in [4.69, 9.17) is 0 Å². The topological polar surface area (TPSA) is 0 Å². The summed E-state index contributed by atoms with van der Waals surface area (Å²) in [6, 6.07) is 5.01. The van der Waals surface area contributed by atoms with Gasteiger partial charge in [0, 0.05) is 0 Å². The molecule has 1 aromatic carbocycles. The molecule has 0 radical (unpaired) electrons. The Balaban J connectivity index is 2.03. The van der Waals surface area contributed by atoms with E-state index in [9.17, 15) is 0 Å². The molecule has 0 bridgehead atoms. The van der Waals surface area contributed by atoms with Crippen LogP contribution in [0.1, 0.15) is 43.0 Å². The first-order chi connectivity index (χ1) is 7.03. The number of benzene rings is 1. The van der Waals surface area contributed by atoms with Gasteiger partial charge in [0.05, 0.1) is 0 Å². The van der Waals surface area contributed by atoms with Crippen LogP contribution >= 0.6 is 0 Å². The van der Waals surface area contributed by atoms with Crippen molar-refractivity contribution < 1.29 is 0 Å². The van der Waals surface area contributed by atoms with E-state index < -0.39 is 0 Å². The summed E-state index contributed by atoms with van der Waals surface area (Å²) in [5.74, 6) is 0.871. The normalized spacial score (nSPS) is 22.9. The fraction of sp³-hybridized carbons (Fsp3) is 0.600. The van der Waals surface area contributed by atoms with E-state index in [2.05, 4.69) is 32.9 Å². The highest BCUT2D eigenvalue weighted by molar-refractivity contribution is 5.44. The summed E-state index contributed by atoms with van der Waals surface area (Å²) in [7, 11) is 0. The summed E-state index contributed by atoms with van der Waals surface area (Å²) >= 11 is 0. The fourth-order valence-corrected chi connectivity index (χ4v) is 3.42. The zero-order valence-corrected chi connectivity index (χ0v) is 10.1. The molecular weight excluding hydrogens is 180 g/mol. The van der Waals surface area contributed by atoms with Crippen LogP contribution in [0.25, 0.3) is 0 Å². The van der Waals surface area contributed by atoms with E-state index in [0.29, 0.717) is 5.41 Å². The minimum atomic E-state index is 0.503. The van der Waals surface area contributed by atoms with Crippen LogP contribution in [-0.4, -0.2) is 0 Å². The second kappa shape index (κ2) is 2.87. The lowest BCUT2D eigenvalue weighted by Gasteiger charge is -2.14. The summed E-state index contributed by atoms with van der Waals surface area (Å²) < 4.78 is 0. The zero-order valence-electron chi connectivity index (χ0n) is 10.1. The Morgan fingerprint density at radius 3 is 1.87 bits per heavy atom. The van der Waals surface area contributed by atoms with Gasteiger partial charge in [-0.3, -0.25) is 0 Å². The first-order valence-corrected chi connectivity index (χ1v) is 6.17. The minimum absolute atomic E-state index is 0.503. The lowest BCUT2D eigenvalue weighted by atomic mass is 9.90. The molecule has 3 rings (SSSR count). The molecule has 0 nitrogen and oxygen atoms in total. The average molecular weight is 200 g/mol. The third-order valence-corrected chi connectivity index (χ3v) is 4.00. The summed E-state index contributed by atoms with van der Waals surface area (Å²) in [6.07, 6.45) is 5.18. The van der Waals surface area contributed by atoms with Gasteiger partial charge in [0.25, 0.3) is 0 Å². The molecule has 1 aromatic rings. The lowest BCUT2D eigenvalue weighted by Crippen LogP contribution is -2.09. The van der Waals surface area contributed by atoms with Crippen LogP contribution in [0.4, 0.5) is 0 Å². The van der Waals surface area contributed by atoms with Gasteiger partial charge in [0.15, 0.2) is 0 Å². The van der Waals surface area contributed by atoms with Gasteiger partial charge >= 0.3 is 0 Å². The van der Waals surface area contributed by atoms with Gasteiger partial charge in [-0.15, -0.1) is 0 Å². The maximum absolute atomic E-state index is 2.50. The first-order valence-electron chi connectivity index (χ1n) is 6.17. The van der Waals surface area contributed by atoms with Gasteiger partial charge in [-0.1, -0.05) is 32.9 Å². The van der Waals surface area contributed by atoms with Crippen molar-refractivity contribution in [1.29, 1.82) is 0 Å².